The predicted molar refractivity (Wildman–Crippen MR) is 122 cm³/mol. The van der Waals surface area contributed by atoms with Gasteiger partial charge < -0.3 is 14.4 Å². The van der Waals surface area contributed by atoms with Crippen LogP contribution in [0, 0.1) is 23.2 Å². The van der Waals surface area contributed by atoms with Crippen LogP contribution in [0.3, 0.4) is 0 Å². The van der Waals surface area contributed by atoms with E-state index in [1.54, 1.807) is 12.7 Å². The van der Waals surface area contributed by atoms with Gasteiger partial charge in [-0.05, 0) is 42.7 Å². The fourth-order valence-corrected chi connectivity index (χ4v) is 6.60. The quantitative estimate of drug-likeness (QED) is 0.537. The van der Waals surface area contributed by atoms with E-state index in [1.807, 2.05) is 12.1 Å². The summed E-state index contributed by atoms with van der Waals surface area (Å²) in [6.45, 7) is 9.40. The summed E-state index contributed by atoms with van der Waals surface area (Å²) < 4.78 is 11.5. The van der Waals surface area contributed by atoms with Crippen LogP contribution in [0.25, 0.3) is 0 Å². The van der Waals surface area contributed by atoms with Gasteiger partial charge in [0.15, 0.2) is 0 Å². The maximum atomic E-state index is 12.9. The second kappa shape index (κ2) is 8.16. The molecule has 3 fully saturated rings. The number of carbonyl (C=O) groups is 1. The Morgan fingerprint density at radius 1 is 1.19 bits per heavy atom. The Morgan fingerprint density at radius 3 is 2.74 bits per heavy atom. The van der Waals surface area contributed by atoms with Crippen molar-refractivity contribution < 1.29 is 14.3 Å². The van der Waals surface area contributed by atoms with Crippen molar-refractivity contribution in [1.82, 2.24) is 4.90 Å². The molecule has 0 spiro atoms. The molecule has 5 heteroatoms. The monoisotopic (exact) mass is 424 g/mol. The molecule has 5 atom stereocenters. The van der Waals surface area contributed by atoms with Crippen molar-refractivity contribution in [2.45, 2.75) is 45.6 Å². The van der Waals surface area contributed by atoms with Crippen LogP contribution >= 0.6 is 0 Å². The van der Waals surface area contributed by atoms with Crippen LogP contribution in [-0.4, -0.2) is 56.8 Å². The number of nitrogens with zero attached hydrogens (tertiary/aromatic N) is 2. The molecule has 5 rings (SSSR count). The average Bonchev–Trinajstić information content (AvgIpc) is 3.06. The molecule has 31 heavy (non-hydrogen) atoms. The lowest BCUT2D eigenvalue weighted by atomic mass is 9.59. The summed E-state index contributed by atoms with van der Waals surface area (Å²) in [7, 11) is 1.73. The van der Waals surface area contributed by atoms with Gasteiger partial charge in [0.05, 0.1) is 18.7 Å². The molecular formula is C26H36N2O3. The van der Waals surface area contributed by atoms with Gasteiger partial charge in [-0.25, -0.2) is 0 Å². The number of ether oxygens (including phenoxy) is 2. The summed E-state index contributed by atoms with van der Waals surface area (Å²) in [5, 5.41) is 0. The summed E-state index contributed by atoms with van der Waals surface area (Å²) >= 11 is 0. The Balaban J connectivity index is 1.26. The number of carbonyl (C=O) groups excluding carboxylic acids is 1. The molecule has 0 radical (unpaired) electrons. The first-order valence-electron chi connectivity index (χ1n) is 12.0. The number of methoxy groups -OCH3 is 1. The number of fused-ring (bicyclic) bond motifs is 2. The van der Waals surface area contributed by atoms with E-state index in [0.29, 0.717) is 5.92 Å². The topological polar surface area (TPSA) is 42.0 Å². The molecule has 0 N–H and O–H groups in total. The van der Waals surface area contributed by atoms with Crippen molar-refractivity contribution in [3.63, 3.8) is 0 Å². The fourth-order valence-electron chi connectivity index (χ4n) is 6.60. The molecule has 2 aliphatic heterocycles. The Labute approximate surface area is 186 Å². The third-order valence-corrected chi connectivity index (χ3v) is 8.33. The smallest absolute Gasteiger partial charge is 0.311 e. The first kappa shape index (κ1) is 20.9. The molecule has 0 amide bonds. The SMILES string of the molecule is COc1ccccc1N1CCN(C[C@@H]2C(=O)O[C@@H]3C[C@@]4(C)CCC[C@H](C)C4=C[C@H]23)CC1. The highest BCUT2D eigenvalue weighted by atomic mass is 16.6. The van der Waals surface area contributed by atoms with Crippen molar-refractivity contribution >= 4 is 11.7 Å². The van der Waals surface area contributed by atoms with E-state index < -0.39 is 0 Å². The number of rotatable bonds is 4. The number of hydrogen-bond donors (Lipinski definition) is 0. The molecule has 168 valence electrons. The Hall–Kier alpha value is -2.01. The zero-order chi connectivity index (χ0) is 21.6. The number of piperazine rings is 1. The standard InChI is InChI=1S/C26H36N2O3/c1-18-7-6-10-26(2)16-24-19(15-21(18)26)20(25(29)31-24)17-27-11-13-28(14-12-27)22-8-4-5-9-23(22)30-3/h4-5,8-9,15,18-20,24H,6-7,10-14,16-17H2,1-3H3/t18-,19+,20-,24+,26+/m0/s1. The molecule has 2 heterocycles. The molecule has 1 aromatic rings. The predicted octanol–water partition coefficient (Wildman–Crippen LogP) is 4.13. The summed E-state index contributed by atoms with van der Waals surface area (Å²) in [4.78, 5) is 17.7. The van der Waals surface area contributed by atoms with E-state index in [4.69, 9.17) is 9.47 Å². The minimum Gasteiger partial charge on any atom is -0.495 e. The van der Waals surface area contributed by atoms with Gasteiger partial charge in [0.1, 0.15) is 11.9 Å². The number of hydrogen-bond acceptors (Lipinski definition) is 5. The fraction of sp³-hybridized carbons (Fsp3) is 0.654. The second-order valence-corrected chi connectivity index (χ2v) is 10.3. The van der Waals surface area contributed by atoms with Crippen LogP contribution in [0.1, 0.15) is 39.5 Å². The second-order valence-electron chi connectivity index (χ2n) is 10.3. The molecule has 1 aromatic carbocycles. The Bertz CT molecular complexity index is 860. The van der Waals surface area contributed by atoms with Crippen LogP contribution < -0.4 is 9.64 Å². The normalized spacial score (nSPS) is 35.8. The Kier molecular flexibility index (Phi) is 5.49. The highest BCUT2D eigenvalue weighted by Crippen LogP contribution is 2.54. The zero-order valence-electron chi connectivity index (χ0n) is 19.2. The number of benzene rings is 1. The molecule has 1 saturated carbocycles. The molecular weight excluding hydrogens is 388 g/mol. The van der Waals surface area contributed by atoms with Crippen molar-refractivity contribution in [2.24, 2.45) is 23.2 Å². The van der Waals surface area contributed by atoms with Gasteiger partial charge in [-0.2, -0.15) is 0 Å². The van der Waals surface area contributed by atoms with Gasteiger partial charge in [-0.1, -0.05) is 44.1 Å². The number of allylic oxidation sites excluding steroid dienone is 1. The van der Waals surface area contributed by atoms with Crippen LogP contribution in [0.5, 0.6) is 5.75 Å². The number of anilines is 1. The highest BCUT2D eigenvalue weighted by molar-refractivity contribution is 5.76. The molecule has 0 aromatic heterocycles. The van der Waals surface area contributed by atoms with Gasteiger partial charge in [0.25, 0.3) is 0 Å². The minimum atomic E-state index is -0.0195. The summed E-state index contributed by atoms with van der Waals surface area (Å²) in [5.74, 6) is 1.82. The molecule has 0 unspecified atom stereocenters. The zero-order valence-corrected chi connectivity index (χ0v) is 19.2. The van der Waals surface area contributed by atoms with Gasteiger partial charge in [0.2, 0.25) is 0 Å². The Morgan fingerprint density at radius 2 is 1.97 bits per heavy atom. The molecule has 2 aliphatic carbocycles. The van der Waals surface area contributed by atoms with Crippen molar-refractivity contribution in [1.29, 1.82) is 0 Å². The van der Waals surface area contributed by atoms with Gasteiger partial charge in [0, 0.05) is 38.6 Å². The third-order valence-electron chi connectivity index (χ3n) is 8.33. The van der Waals surface area contributed by atoms with Crippen LogP contribution in [0.4, 0.5) is 5.69 Å². The summed E-state index contributed by atoms with van der Waals surface area (Å²) in [5.41, 5.74) is 2.99. The highest BCUT2D eigenvalue weighted by Gasteiger charge is 2.52. The summed E-state index contributed by atoms with van der Waals surface area (Å²) in [6, 6.07) is 8.23. The lowest BCUT2D eigenvalue weighted by Crippen LogP contribution is -2.49. The van der Waals surface area contributed by atoms with E-state index in [-0.39, 0.29) is 29.3 Å². The largest absolute Gasteiger partial charge is 0.495 e. The molecule has 5 nitrogen and oxygen atoms in total. The lowest BCUT2D eigenvalue weighted by Gasteiger charge is -2.46. The third kappa shape index (κ3) is 3.75. The first-order chi connectivity index (χ1) is 15.0. The van der Waals surface area contributed by atoms with Crippen molar-refractivity contribution in [3.05, 3.63) is 35.9 Å². The molecule has 4 aliphatic rings. The molecule has 0 bridgehead atoms. The van der Waals surface area contributed by atoms with Crippen molar-refractivity contribution in [2.75, 3.05) is 44.7 Å². The maximum absolute atomic E-state index is 12.9. The van der Waals surface area contributed by atoms with Crippen LogP contribution in [-0.2, 0) is 9.53 Å². The average molecular weight is 425 g/mol. The van der Waals surface area contributed by atoms with E-state index in [0.717, 1.165) is 50.6 Å². The van der Waals surface area contributed by atoms with Gasteiger partial charge in [-0.15, -0.1) is 0 Å². The minimum absolute atomic E-state index is 0.0195. The van der Waals surface area contributed by atoms with E-state index in [1.165, 1.54) is 19.3 Å². The van der Waals surface area contributed by atoms with E-state index in [2.05, 4.69) is 41.9 Å². The van der Waals surface area contributed by atoms with Crippen LogP contribution in [0.2, 0.25) is 0 Å². The lowest BCUT2D eigenvalue weighted by molar-refractivity contribution is -0.145. The summed E-state index contributed by atoms with van der Waals surface area (Å²) in [6.07, 6.45) is 7.37. The van der Waals surface area contributed by atoms with Crippen molar-refractivity contribution in [3.8, 4) is 5.75 Å². The number of esters is 1. The van der Waals surface area contributed by atoms with E-state index >= 15 is 0 Å². The van der Waals surface area contributed by atoms with E-state index in [9.17, 15) is 4.79 Å². The van der Waals surface area contributed by atoms with Gasteiger partial charge in [-0.3, -0.25) is 9.69 Å². The molecule has 2 saturated heterocycles. The maximum Gasteiger partial charge on any atom is 0.311 e. The first-order valence-corrected chi connectivity index (χ1v) is 12.0. The van der Waals surface area contributed by atoms with Gasteiger partial charge >= 0.3 is 5.97 Å². The van der Waals surface area contributed by atoms with Crippen LogP contribution in [0.15, 0.2) is 35.9 Å². The number of para-hydroxylation sites is 2.